The molecule has 17 heavy (non-hydrogen) atoms. The average Bonchev–Trinajstić information content (AvgIpc) is 2.36. The van der Waals surface area contributed by atoms with Crippen LogP contribution in [-0.4, -0.2) is 58.0 Å². The fraction of sp³-hybridized carbons (Fsp3) is 1.00. The molecule has 1 unspecified atom stereocenters. The molecule has 0 aromatic rings. The Labute approximate surface area is 106 Å². The predicted octanol–water partition coefficient (Wildman–Crippen LogP) is 1.49. The molecule has 0 aliphatic heterocycles. The fourth-order valence-corrected chi connectivity index (χ4v) is 1.99. The summed E-state index contributed by atoms with van der Waals surface area (Å²) in [5.74, 6) is 0. The zero-order chi connectivity index (χ0) is 12.9. The van der Waals surface area contributed by atoms with Gasteiger partial charge in [0.05, 0.1) is 6.61 Å². The van der Waals surface area contributed by atoms with Gasteiger partial charge in [-0.3, -0.25) is 4.90 Å². The molecule has 1 atom stereocenters. The molecule has 104 valence electrons. The number of hydrogen-bond acceptors (Lipinski definition) is 4. The van der Waals surface area contributed by atoms with Gasteiger partial charge in [-0.1, -0.05) is 19.8 Å². The van der Waals surface area contributed by atoms with Crippen LogP contribution in [0.25, 0.3) is 0 Å². The quantitative estimate of drug-likeness (QED) is 0.530. The zero-order valence-corrected chi connectivity index (χ0v) is 11.8. The minimum Gasteiger partial charge on any atom is -0.385 e. The molecule has 0 fully saturated rings. The van der Waals surface area contributed by atoms with Crippen molar-refractivity contribution in [1.82, 2.24) is 4.90 Å². The van der Waals surface area contributed by atoms with Crippen LogP contribution in [0.4, 0.5) is 0 Å². The molecule has 0 aromatic heterocycles. The highest BCUT2D eigenvalue weighted by atomic mass is 16.5. The molecule has 0 radical (unpaired) electrons. The highest BCUT2D eigenvalue weighted by molar-refractivity contribution is 4.72. The molecule has 0 spiro atoms. The zero-order valence-electron chi connectivity index (χ0n) is 11.8. The third kappa shape index (κ3) is 8.55. The van der Waals surface area contributed by atoms with Crippen LogP contribution in [0.5, 0.6) is 0 Å². The van der Waals surface area contributed by atoms with Gasteiger partial charge in [-0.05, 0) is 12.8 Å². The van der Waals surface area contributed by atoms with E-state index in [2.05, 4.69) is 11.8 Å². The number of nitrogens with zero attached hydrogens (tertiary/aromatic N) is 1. The molecule has 0 amide bonds. The van der Waals surface area contributed by atoms with Crippen molar-refractivity contribution in [2.24, 2.45) is 5.73 Å². The van der Waals surface area contributed by atoms with Crippen molar-refractivity contribution in [1.29, 1.82) is 0 Å². The smallest absolute Gasteiger partial charge is 0.0589 e. The van der Waals surface area contributed by atoms with Crippen molar-refractivity contribution in [3.63, 3.8) is 0 Å². The molecule has 0 saturated carbocycles. The van der Waals surface area contributed by atoms with Crippen LogP contribution in [0.15, 0.2) is 0 Å². The molecule has 0 aliphatic carbocycles. The standard InChI is InChI=1S/C13H30N2O2/c1-4-5-7-13(12-14)15(9-11-17-3)8-6-10-16-2/h13H,4-12,14H2,1-3H3. The van der Waals surface area contributed by atoms with Crippen LogP contribution < -0.4 is 5.73 Å². The van der Waals surface area contributed by atoms with E-state index in [9.17, 15) is 0 Å². The lowest BCUT2D eigenvalue weighted by atomic mass is 10.1. The fourth-order valence-electron chi connectivity index (χ4n) is 1.99. The Kier molecular flexibility index (Phi) is 12.2. The summed E-state index contributed by atoms with van der Waals surface area (Å²) < 4.78 is 10.3. The average molecular weight is 246 g/mol. The van der Waals surface area contributed by atoms with Gasteiger partial charge in [-0.2, -0.15) is 0 Å². The Morgan fingerprint density at radius 3 is 2.29 bits per heavy atom. The van der Waals surface area contributed by atoms with Gasteiger partial charge < -0.3 is 15.2 Å². The monoisotopic (exact) mass is 246 g/mol. The number of hydrogen-bond donors (Lipinski definition) is 1. The van der Waals surface area contributed by atoms with E-state index in [1.807, 2.05) is 0 Å². The van der Waals surface area contributed by atoms with Crippen LogP contribution in [0, 0.1) is 0 Å². The molecule has 0 rings (SSSR count). The number of methoxy groups -OCH3 is 2. The summed E-state index contributed by atoms with van der Waals surface area (Å²) in [5, 5.41) is 0. The first kappa shape index (κ1) is 16.8. The summed E-state index contributed by atoms with van der Waals surface area (Å²) in [6, 6.07) is 0.488. The van der Waals surface area contributed by atoms with E-state index < -0.39 is 0 Å². The van der Waals surface area contributed by atoms with Gasteiger partial charge in [-0.25, -0.2) is 0 Å². The van der Waals surface area contributed by atoms with Gasteiger partial charge in [-0.15, -0.1) is 0 Å². The molecule has 0 aromatic carbocycles. The Morgan fingerprint density at radius 2 is 1.76 bits per heavy atom. The first-order chi connectivity index (χ1) is 8.29. The first-order valence-corrected chi connectivity index (χ1v) is 6.72. The summed E-state index contributed by atoms with van der Waals surface area (Å²) in [7, 11) is 3.49. The van der Waals surface area contributed by atoms with E-state index in [0.29, 0.717) is 6.04 Å². The van der Waals surface area contributed by atoms with Gasteiger partial charge in [0.2, 0.25) is 0 Å². The van der Waals surface area contributed by atoms with Gasteiger partial charge >= 0.3 is 0 Å². The molecule has 0 heterocycles. The summed E-state index contributed by atoms with van der Waals surface area (Å²) in [5.41, 5.74) is 5.88. The van der Waals surface area contributed by atoms with Crippen molar-refractivity contribution in [2.75, 3.05) is 47.1 Å². The summed E-state index contributed by atoms with van der Waals surface area (Å²) >= 11 is 0. The normalized spacial score (nSPS) is 13.2. The van der Waals surface area contributed by atoms with Crippen molar-refractivity contribution in [3.8, 4) is 0 Å². The lowest BCUT2D eigenvalue weighted by Gasteiger charge is -2.30. The molecule has 2 N–H and O–H groups in total. The first-order valence-electron chi connectivity index (χ1n) is 6.72. The van der Waals surface area contributed by atoms with Crippen LogP contribution in [-0.2, 0) is 9.47 Å². The predicted molar refractivity (Wildman–Crippen MR) is 72.3 cm³/mol. The lowest BCUT2D eigenvalue weighted by molar-refractivity contribution is 0.104. The summed E-state index contributed by atoms with van der Waals surface area (Å²) in [6.45, 7) is 6.55. The maximum Gasteiger partial charge on any atom is 0.0589 e. The van der Waals surface area contributed by atoms with Crippen LogP contribution >= 0.6 is 0 Å². The number of nitrogens with two attached hydrogens (primary N) is 1. The van der Waals surface area contributed by atoms with E-state index in [4.69, 9.17) is 15.2 Å². The maximum atomic E-state index is 5.88. The van der Waals surface area contributed by atoms with E-state index >= 15 is 0 Å². The highest BCUT2D eigenvalue weighted by Gasteiger charge is 2.15. The largest absolute Gasteiger partial charge is 0.385 e. The van der Waals surface area contributed by atoms with E-state index in [1.165, 1.54) is 19.3 Å². The minimum atomic E-state index is 0.488. The van der Waals surface area contributed by atoms with Crippen LogP contribution in [0.2, 0.25) is 0 Å². The second-order valence-corrected chi connectivity index (χ2v) is 4.41. The Balaban J connectivity index is 4.08. The van der Waals surface area contributed by atoms with Crippen molar-refractivity contribution < 1.29 is 9.47 Å². The van der Waals surface area contributed by atoms with Crippen LogP contribution in [0.3, 0.4) is 0 Å². The number of rotatable bonds is 12. The SMILES string of the molecule is CCCCC(CN)N(CCCOC)CCOC. The van der Waals surface area contributed by atoms with Gasteiger partial charge in [0.15, 0.2) is 0 Å². The maximum absolute atomic E-state index is 5.88. The van der Waals surface area contributed by atoms with Gasteiger partial charge in [0.1, 0.15) is 0 Å². The topological polar surface area (TPSA) is 47.7 Å². The number of ether oxygens (including phenoxy) is 2. The van der Waals surface area contributed by atoms with E-state index in [-0.39, 0.29) is 0 Å². The summed E-state index contributed by atoms with van der Waals surface area (Å²) in [4.78, 5) is 2.44. The molecule has 4 nitrogen and oxygen atoms in total. The minimum absolute atomic E-state index is 0.488. The number of unbranched alkanes of at least 4 members (excludes halogenated alkanes) is 1. The lowest BCUT2D eigenvalue weighted by Crippen LogP contribution is -2.43. The molecular weight excluding hydrogens is 216 g/mol. The Hall–Kier alpha value is -0.160. The second kappa shape index (κ2) is 12.3. The molecule has 4 heteroatoms. The molecule has 0 bridgehead atoms. The third-order valence-corrected chi connectivity index (χ3v) is 3.06. The van der Waals surface area contributed by atoms with Crippen molar-refractivity contribution in [2.45, 2.75) is 38.6 Å². The second-order valence-electron chi connectivity index (χ2n) is 4.41. The molecular formula is C13H30N2O2. The van der Waals surface area contributed by atoms with E-state index in [0.717, 1.165) is 39.3 Å². The van der Waals surface area contributed by atoms with Gasteiger partial charge in [0.25, 0.3) is 0 Å². The summed E-state index contributed by atoms with van der Waals surface area (Å²) in [6.07, 6.45) is 4.72. The van der Waals surface area contributed by atoms with Crippen molar-refractivity contribution in [3.05, 3.63) is 0 Å². The highest BCUT2D eigenvalue weighted by Crippen LogP contribution is 2.08. The van der Waals surface area contributed by atoms with Crippen LogP contribution in [0.1, 0.15) is 32.6 Å². The van der Waals surface area contributed by atoms with Crippen molar-refractivity contribution >= 4 is 0 Å². The van der Waals surface area contributed by atoms with Gasteiger partial charge in [0, 0.05) is 46.5 Å². The molecule has 0 aliphatic rings. The van der Waals surface area contributed by atoms with E-state index in [1.54, 1.807) is 14.2 Å². The third-order valence-electron chi connectivity index (χ3n) is 3.06. The Morgan fingerprint density at radius 1 is 1.06 bits per heavy atom. The molecule has 0 saturated heterocycles. The Bertz CT molecular complexity index is 156.